The Morgan fingerprint density at radius 3 is 2.54 bits per heavy atom. The first kappa shape index (κ1) is 24.2. The molecule has 0 atom stereocenters. The van der Waals surface area contributed by atoms with E-state index in [-0.39, 0.29) is 58.6 Å². The summed E-state index contributed by atoms with van der Waals surface area (Å²) in [5.41, 5.74) is 5.44. The second-order valence-corrected chi connectivity index (χ2v) is 6.01. The molecule has 0 aliphatic carbocycles. The van der Waals surface area contributed by atoms with Gasteiger partial charge in [0.25, 0.3) is 5.91 Å². The normalized spacial score (nSPS) is 11.1. The first-order valence-electron chi connectivity index (χ1n) is 7.56. The lowest BCUT2D eigenvalue weighted by Crippen LogP contribution is -2.36. The van der Waals surface area contributed by atoms with Gasteiger partial charge in [-0.15, -0.1) is 24.0 Å². The number of alkyl halides is 2. The SMILES string of the molecule is CN=C(NCc1ccc(C(N)=O)o1)NCc1cc(Cl)cc(Cl)c1OC(F)F.I. The number of rotatable bonds is 7. The Kier molecular flexibility index (Phi) is 9.76. The zero-order valence-electron chi connectivity index (χ0n) is 14.5. The number of nitrogens with zero attached hydrogens (tertiary/aromatic N) is 1. The Labute approximate surface area is 186 Å². The number of furan rings is 1. The van der Waals surface area contributed by atoms with Crippen LogP contribution in [0.1, 0.15) is 21.9 Å². The van der Waals surface area contributed by atoms with E-state index in [9.17, 15) is 13.6 Å². The molecule has 28 heavy (non-hydrogen) atoms. The predicted molar refractivity (Wildman–Crippen MR) is 113 cm³/mol. The van der Waals surface area contributed by atoms with Crippen molar-refractivity contribution in [3.8, 4) is 5.75 Å². The van der Waals surface area contributed by atoms with Gasteiger partial charge in [-0.1, -0.05) is 23.2 Å². The number of carbonyl (C=O) groups excluding carboxylic acids is 1. The summed E-state index contributed by atoms with van der Waals surface area (Å²) in [6.07, 6.45) is 0. The minimum Gasteiger partial charge on any atom is -0.454 e. The summed E-state index contributed by atoms with van der Waals surface area (Å²) >= 11 is 11.9. The molecule has 1 heterocycles. The summed E-state index contributed by atoms with van der Waals surface area (Å²) in [5, 5.41) is 6.10. The molecule has 0 saturated carbocycles. The quantitative estimate of drug-likeness (QED) is 0.278. The van der Waals surface area contributed by atoms with Gasteiger partial charge >= 0.3 is 6.61 Å². The number of amides is 1. The van der Waals surface area contributed by atoms with Crippen molar-refractivity contribution in [2.45, 2.75) is 19.7 Å². The number of primary amides is 1. The van der Waals surface area contributed by atoms with Crippen LogP contribution in [0.4, 0.5) is 8.78 Å². The molecule has 154 valence electrons. The number of ether oxygens (including phenoxy) is 1. The van der Waals surface area contributed by atoms with E-state index in [1.807, 2.05) is 0 Å². The third-order valence-corrected chi connectivity index (χ3v) is 3.80. The van der Waals surface area contributed by atoms with Crippen LogP contribution in [-0.4, -0.2) is 25.5 Å². The summed E-state index contributed by atoms with van der Waals surface area (Å²) in [6.45, 7) is -2.76. The Morgan fingerprint density at radius 1 is 1.29 bits per heavy atom. The number of hydrogen-bond acceptors (Lipinski definition) is 4. The van der Waals surface area contributed by atoms with Crippen LogP contribution in [0, 0.1) is 0 Å². The van der Waals surface area contributed by atoms with Gasteiger partial charge in [-0.25, -0.2) is 0 Å². The molecule has 0 aliphatic rings. The third-order valence-electron chi connectivity index (χ3n) is 3.30. The van der Waals surface area contributed by atoms with Crippen molar-refractivity contribution in [2.75, 3.05) is 7.05 Å². The van der Waals surface area contributed by atoms with Crippen LogP contribution in [0.5, 0.6) is 5.75 Å². The van der Waals surface area contributed by atoms with Gasteiger partial charge in [-0.05, 0) is 24.3 Å². The molecule has 2 rings (SSSR count). The van der Waals surface area contributed by atoms with Gasteiger partial charge in [0.2, 0.25) is 0 Å². The van der Waals surface area contributed by atoms with Crippen molar-refractivity contribution >= 4 is 59.0 Å². The number of aliphatic imine (C=N–C) groups is 1. The van der Waals surface area contributed by atoms with E-state index >= 15 is 0 Å². The second-order valence-electron chi connectivity index (χ2n) is 5.16. The van der Waals surface area contributed by atoms with Crippen LogP contribution in [-0.2, 0) is 13.1 Å². The zero-order valence-corrected chi connectivity index (χ0v) is 18.3. The molecule has 0 bridgehead atoms. The maximum atomic E-state index is 12.6. The van der Waals surface area contributed by atoms with Crippen LogP contribution < -0.4 is 21.1 Å². The van der Waals surface area contributed by atoms with Gasteiger partial charge in [0.1, 0.15) is 11.5 Å². The zero-order chi connectivity index (χ0) is 20.0. The molecule has 1 aromatic carbocycles. The standard InChI is InChI=1S/C16H16Cl2F2N4O3.HI/c1-22-16(24-7-10-2-3-12(26-10)14(21)25)23-6-8-4-9(17)5-11(18)13(8)27-15(19)20;/h2-5,15H,6-7H2,1H3,(H2,21,25)(H2,22,23,24);1H. The van der Waals surface area contributed by atoms with Crippen LogP contribution >= 0.6 is 47.2 Å². The molecule has 0 spiro atoms. The Hall–Kier alpha value is -1.79. The van der Waals surface area contributed by atoms with E-state index in [0.717, 1.165) is 0 Å². The molecule has 7 nitrogen and oxygen atoms in total. The molecule has 1 amide bonds. The van der Waals surface area contributed by atoms with Crippen LogP contribution in [0.15, 0.2) is 33.7 Å². The van der Waals surface area contributed by atoms with E-state index in [1.54, 1.807) is 6.07 Å². The van der Waals surface area contributed by atoms with Gasteiger partial charge in [0.05, 0.1) is 11.6 Å². The predicted octanol–water partition coefficient (Wildman–Crippen LogP) is 3.77. The maximum Gasteiger partial charge on any atom is 0.387 e. The molecule has 4 N–H and O–H groups in total. The fraction of sp³-hybridized carbons (Fsp3) is 0.250. The van der Waals surface area contributed by atoms with Crippen molar-refractivity contribution in [1.82, 2.24) is 10.6 Å². The summed E-state index contributed by atoms with van der Waals surface area (Å²) in [6, 6.07) is 5.81. The van der Waals surface area contributed by atoms with E-state index in [1.165, 1.54) is 25.2 Å². The molecular weight excluding hydrogens is 532 g/mol. The second kappa shape index (κ2) is 11.3. The van der Waals surface area contributed by atoms with E-state index in [2.05, 4.69) is 20.4 Å². The van der Waals surface area contributed by atoms with Gasteiger partial charge in [0, 0.05) is 24.2 Å². The summed E-state index contributed by atoms with van der Waals surface area (Å²) in [4.78, 5) is 15.0. The number of halogens is 5. The van der Waals surface area contributed by atoms with Crippen molar-refractivity contribution in [1.29, 1.82) is 0 Å². The van der Waals surface area contributed by atoms with Crippen molar-refractivity contribution < 1.29 is 22.7 Å². The fourth-order valence-corrected chi connectivity index (χ4v) is 2.72. The number of guanidine groups is 1. The summed E-state index contributed by atoms with van der Waals surface area (Å²) in [5.74, 6) is -0.00759. The molecule has 1 aromatic heterocycles. The average molecular weight is 549 g/mol. The molecule has 0 unspecified atom stereocenters. The number of nitrogens with two attached hydrogens (primary N) is 1. The Morgan fingerprint density at radius 2 is 1.96 bits per heavy atom. The minimum atomic E-state index is -3.03. The Bertz CT molecular complexity index is 849. The molecule has 0 radical (unpaired) electrons. The minimum absolute atomic E-state index is 0. The number of benzene rings is 1. The first-order valence-corrected chi connectivity index (χ1v) is 8.31. The largest absolute Gasteiger partial charge is 0.454 e. The smallest absolute Gasteiger partial charge is 0.387 e. The molecular formula is C16H17Cl2F2IN4O3. The van der Waals surface area contributed by atoms with Crippen LogP contribution in [0.2, 0.25) is 10.0 Å². The lowest BCUT2D eigenvalue weighted by molar-refractivity contribution is -0.0504. The number of hydrogen-bond donors (Lipinski definition) is 3. The maximum absolute atomic E-state index is 12.6. The van der Waals surface area contributed by atoms with E-state index in [0.29, 0.717) is 17.3 Å². The van der Waals surface area contributed by atoms with Gasteiger partial charge in [0.15, 0.2) is 11.7 Å². The lowest BCUT2D eigenvalue weighted by Gasteiger charge is -2.15. The summed E-state index contributed by atoms with van der Waals surface area (Å²) in [7, 11) is 1.52. The monoisotopic (exact) mass is 548 g/mol. The average Bonchev–Trinajstić information content (AvgIpc) is 3.07. The highest BCUT2D eigenvalue weighted by Crippen LogP contribution is 2.33. The Balaban J connectivity index is 0.00000392. The third kappa shape index (κ3) is 6.99. The first-order chi connectivity index (χ1) is 12.8. The van der Waals surface area contributed by atoms with Crippen molar-refractivity contribution in [3.05, 3.63) is 51.4 Å². The lowest BCUT2D eigenvalue weighted by atomic mass is 10.2. The molecule has 12 heteroatoms. The molecule has 0 aliphatic heterocycles. The van der Waals surface area contributed by atoms with Gasteiger partial charge < -0.3 is 25.5 Å². The van der Waals surface area contributed by atoms with Crippen LogP contribution in [0.25, 0.3) is 0 Å². The fourth-order valence-electron chi connectivity index (χ4n) is 2.14. The molecule has 0 saturated heterocycles. The van der Waals surface area contributed by atoms with Crippen LogP contribution in [0.3, 0.4) is 0 Å². The van der Waals surface area contributed by atoms with Gasteiger partial charge in [-0.3, -0.25) is 9.79 Å². The van der Waals surface area contributed by atoms with Crippen molar-refractivity contribution in [2.24, 2.45) is 10.7 Å². The van der Waals surface area contributed by atoms with Crippen molar-refractivity contribution in [3.63, 3.8) is 0 Å². The number of nitrogens with one attached hydrogen (secondary N) is 2. The van der Waals surface area contributed by atoms with Gasteiger partial charge in [-0.2, -0.15) is 8.78 Å². The highest BCUT2D eigenvalue weighted by Gasteiger charge is 2.16. The highest BCUT2D eigenvalue weighted by molar-refractivity contribution is 14.0. The van der Waals surface area contributed by atoms with E-state index < -0.39 is 12.5 Å². The molecule has 2 aromatic rings. The molecule has 0 fully saturated rings. The summed E-state index contributed by atoms with van der Waals surface area (Å²) < 4.78 is 34.9. The highest BCUT2D eigenvalue weighted by atomic mass is 127. The number of carbonyl (C=O) groups is 1. The topological polar surface area (TPSA) is 102 Å². The van der Waals surface area contributed by atoms with E-state index in [4.69, 9.17) is 33.4 Å².